The fraction of sp³-hybridized carbons (Fsp3) is 0.286. The van der Waals surface area contributed by atoms with Crippen LogP contribution in [0.1, 0.15) is 120 Å². The maximum Gasteiger partial charge on any atom is 0.490 e. The summed E-state index contributed by atoms with van der Waals surface area (Å²) >= 11 is 3.38. The number of Topliss-reactive ketones (excluding diaryl/α,β-unsaturated/α-hetero) is 3. The van der Waals surface area contributed by atoms with Crippen LogP contribution < -0.4 is 61.6 Å². The van der Waals surface area contributed by atoms with Crippen LogP contribution in [0.4, 0.5) is 39.5 Å². The predicted molar refractivity (Wildman–Crippen MR) is 443 cm³/mol. The van der Waals surface area contributed by atoms with Crippen LogP contribution in [0.5, 0.6) is 34.5 Å². The third kappa shape index (κ3) is 35.3. The molecule has 133 heavy (non-hydrogen) atoms. The number of benzene rings is 7. The molecule has 0 fully saturated rings. The summed E-state index contributed by atoms with van der Waals surface area (Å²) in [6, 6.07) is 32.6. The van der Waals surface area contributed by atoms with Crippen LogP contribution >= 0.6 is 15.9 Å². The van der Waals surface area contributed by atoms with Crippen molar-refractivity contribution in [1.82, 2.24) is 16.0 Å². The Morgan fingerprint density at radius 2 is 0.677 bits per heavy atom. The number of nitrogen functional groups attached to an aromatic ring is 3. The Morgan fingerprint density at radius 3 is 0.985 bits per heavy atom. The maximum atomic E-state index is 13.5. The number of carbonyl (C=O) groups excluding carboxylic acids is 6. The largest absolute Gasteiger partial charge is 0.492 e. The third-order valence-corrected chi connectivity index (χ3v) is 18.6. The number of fused-ring (bicyclic) bond motifs is 3. The second-order valence-corrected chi connectivity index (χ2v) is 28.9. The lowest BCUT2D eigenvalue weighted by atomic mass is 9.97. The van der Waals surface area contributed by atoms with Crippen molar-refractivity contribution in [2.45, 2.75) is 114 Å². The second-order valence-electron chi connectivity index (χ2n) is 28.0. The van der Waals surface area contributed by atoms with E-state index in [0.29, 0.717) is 77.5 Å². The number of alkyl halides is 9. The first kappa shape index (κ1) is 108. The van der Waals surface area contributed by atoms with Gasteiger partial charge in [-0.15, -0.1) is 0 Å². The summed E-state index contributed by atoms with van der Waals surface area (Å²) in [6.07, 6.45) is -15.3. The van der Waals surface area contributed by atoms with E-state index in [2.05, 4.69) is 31.9 Å². The SMILES string of the molecule is N=C(N)c1ccc(CC(=O)C(=O)O)c(OC[C@@H](CCC(=O)O)NC(=O)c2cc(-c3ccccc3)cc3c2OCC3)c1.N=C(N)c1ccc(CC(=O)C(=O)O)c(OC[C@@H](CCC(=O)O)NC(=O)c2cc(Br)cc3c2OCC3)c1.N=C(N)c1ccc(CC(=O)C(=O)O)c(OC[C@@H](CCC(=O)O)NC(=O)c2cccc3c2OCC3)c1.O=C(O)C(F)(F)F.O=C(O)C(F)(F)F.O=C(O)C(F)(F)F. The minimum absolute atomic E-state index is 0.0261. The van der Waals surface area contributed by atoms with E-state index < -0.39 is 145 Å². The van der Waals surface area contributed by atoms with E-state index in [1.165, 1.54) is 54.6 Å². The van der Waals surface area contributed by atoms with E-state index in [-0.39, 0.29) is 126 Å². The molecule has 21 N–H and O–H groups in total. The molecule has 712 valence electrons. The normalized spacial score (nSPS) is 12.4. The molecule has 0 aliphatic carbocycles. The molecule has 3 aliphatic rings. The van der Waals surface area contributed by atoms with Gasteiger partial charge in [0.1, 0.15) is 71.8 Å². The van der Waals surface area contributed by atoms with Crippen molar-refractivity contribution >= 4 is 122 Å². The average molecular weight is 1950 g/mol. The monoisotopic (exact) mass is 1950 g/mol. The average Bonchev–Trinajstić information content (AvgIpc) is 1.71. The minimum Gasteiger partial charge on any atom is -0.492 e. The maximum absolute atomic E-state index is 13.5. The third-order valence-electron chi connectivity index (χ3n) is 18.2. The zero-order valence-electron chi connectivity index (χ0n) is 68.7. The first-order chi connectivity index (χ1) is 62.1. The molecule has 3 aliphatic heterocycles. The van der Waals surface area contributed by atoms with Gasteiger partial charge in [-0.3, -0.25) is 59.4 Å². The summed E-state index contributed by atoms with van der Waals surface area (Å²) in [4.78, 5) is 168. The topological polar surface area (TPSA) is 679 Å². The number of rotatable bonds is 37. The number of hydrogen-bond acceptors (Lipinski definition) is 24. The zero-order valence-corrected chi connectivity index (χ0v) is 70.3. The summed E-state index contributed by atoms with van der Waals surface area (Å²) in [5, 5.41) is 107. The van der Waals surface area contributed by atoms with Gasteiger partial charge in [-0.2, -0.15) is 39.5 Å². The Balaban J connectivity index is 0.000000317. The molecule has 0 bridgehead atoms. The van der Waals surface area contributed by atoms with Crippen molar-refractivity contribution in [2.75, 3.05) is 39.6 Å². The molecule has 49 heteroatoms. The van der Waals surface area contributed by atoms with Gasteiger partial charge in [0.15, 0.2) is 0 Å². The van der Waals surface area contributed by atoms with E-state index >= 15 is 0 Å². The number of nitrogens with two attached hydrogens (primary N) is 3. The van der Waals surface area contributed by atoms with Crippen LogP contribution in [0.2, 0.25) is 0 Å². The van der Waals surface area contributed by atoms with Crippen molar-refractivity contribution in [1.29, 1.82) is 16.2 Å². The fourth-order valence-electron chi connectivity index (χ4n) is 11.7. The van der Waals surface area contributed by atoms with Gasteiger partial charge in [-0.25, -0.2) is 28.8 Å². The molecule has 10 rings (SSSR count). The first-order valence-electron chi connectivity index (χ1n) is 38.3. The molecule has 0 aromatic heterocycles. The van der Waals surface area contributed by atoms with E-state index in [0.717, 1.165) is 27.8 Å². The van der Waals surface area contributed by atoms with Crippen molar-refractivity contribution in [3.05, 3.63) is 199 Å². The Kier molecular flexibility index (Phi) is 40.3. The lowest BCUT2D eigenvalue weighted by molar-refractivity contribution is -0.193. The van der Waals surface area contributed by atoms with Crippen LogP contribution in [0.15, 0.2) is 132 Å². The number of amides is 3. The van der Waals surface area contributed by atoms with E-state index in [4.69, 9.17) is 117 Å². The van der Waals surface area contributed by atoms with Gasteiger partial charge in [0, 0.05) is 95.6 Å². The van der Waals surface area contributed by atoms with Gasteiger partial charge in [0.2, 0.25) is 17.3 Å². The molecule has 0 saturated carbocycles. The van der Waals surface area contributed by atoms with Gasteiger partial charge >= 0.3 is 72.3 Å². The highest BCUT2D eigenvalue weighted by Gasteiger charge is 2.40. The minimum atomic E-state index is -5.08. The number of para-hydroxylation sites is 1. The van der Waals surface area contributed by atoms with E-state index in [9.17, 15) is 102 Å². The first-order valence-corrected chi connectivity index (χ1v) is 39.1. The van der Waals surface area contributed by atoms with Gasteiger partial charge < -0.3 is 108 Å². The number of ether oxygens (including phenoxy) is 6. The highest BCUT2D eigenvalue weighted by Crippen LogP contribution is 2.37. The molecule has 39 nitrogen and oxygen atoms in total. The van der Waals surface area contributed by atoms with Crippen LogP contribution in [-0.2, 0) is 96.1 Å². The highest BCUT2D eigenvalue weighted by atomic mass is 79.9. The quantitative estimate of drug-likeness (QED) is 0.00765. The van der Waals surface area contributed by atoms with E-state index in [1.807, 2.05) is 48.5 Å². The molecular formula is C84H81BrF9N9O30. The standard InChI is InChI=1S/C30H29N3O8.C24H24BrN3O8.C24H25N3O8.3C2HF3O2/c31-28(32)20-7-6-18(14-24(34)30(38)39)25(15-20)41-16-22(8-9-26(35)36)33-29(37)23-13-21(17-4-2-1-3-5-17)12-19-10-11-40-27(19)23;25-15-7-13-5-6-35-21(13)17(10-15)23(32)28-16(3-4-20(30)31)11-36-19-9-14(22(26)27)2-1-12(19)8-18(29)24(33)34;25-22(26)15-5-4-14(10-18(28)24(32)33)19(11-15)35-12-16(6-7-20(29)30)27-23(31)17-3-1-2-13-8-9-34-21(13)17;3*3-2(4,5)1(6)7/h1-7,12-13,15,22H,8-11,14,16H2,(H3,31,32)(H,33,37)(H,35,36)(H,38,39);1-2,7,9-10,16H,3-6,8,11H2,(H3,26,27)(H,28,32)(H,30,31)(H,33,34);1-5,11,16H,6-10,12H2,(H3,25,26)(H,27,31)(H,29,30)(H,32,33);3*(H,6,7)/t22-;2*16-;;;/m111.../s1. The smallest absolute Gasteiger partial charge is 0.490 e. The fourth-order valence-corrected chi connectivity index (χ4v) is 12.2. The second kappa shape index (κ2) is 49.7. The number of nitrogens with one attached hydrogen (secondary N) is 6. The molecule has 0 radical (unpaired) electrons. The number of aliphatic carboxylic acids is 9. The summed E-state index contributed by atoms with van der Waals surface area (Å²) in [5.41, 5.74) is 23.6. The zero-order chi connectivity index (χ0) is 99.7. The van der Waals surface area contributed by atoms with Crippen molar-refractivity contribution in [2.24, 2.45) is 17.2 Å². The number of hydrogen-bond donors (Lipinski definition) is 18. The lowest BCUT2D eigenvalue weighted by Gasteiger charge is -2.21. The Bertz CT molecular complexity index is 5530. The number of ketones is 3. The number of carboxylic acids is 9. The van der Waals surface area contributed by atoms with Crippen molar-refractivity contribution < 1.29 is 186 Å². The summed E-state index contributed by atoms with van der Waals surface area (Å²) in [7, 11) is 0. The molecular weight excluding hydrogens is 1870 g/mol. The molecule has 7 aromatic rings. The summed E-state index contributed by atoms with van der Waals surface area (Å²) < 4.78 is 130. The van der Waals surface area contributed by atoms with Gasteiger partial charge in [-0.1, -0.05) is 94.8 Å². The van der Waals surface area contributed by atoms with Gasteiger partial charge in [0.05, 0.1) is 54.6 Å². The molecule has 0 spiro atoms. The van der Waals surface area contributed by atoms with Crippen LogP contribution in [-0.4, -0.2) is 229 Å². The van der Waals surface area contributed by atoms with Crippen molar-refractivity contribution in [3.63, 3.8) is 0 Å². The number of halogens is 10. The number of amidine groups is 3. The van der Waals surface area contributed by atoms with Gasteiger partial charge in [-0.05, 0) is 95.6 Å². The van der Waals surface area contributed by atoms with Crippen LogP contribution in [0.25, 0.3) is 11.1 Å². The molecule has 7 aromatic carbocycles. The number of carboxylic acid groups (broad SMARTS) is 9. The predicted octanol–water partition coefficient (Wildman–Crippen LogP) is 7.76. The van der Waals surface area contributed by atoms with E-state index in [1.54, 1.807) is 24.3 Å². The summed E-state index contributed by atoms with van der Waals surface area (Å²) in [6.45, 7) is 0.785. The molecule has 0 saturated heterocycles. The van der Waals surface area contributed by atoms with Gasteiger partial charge in [0.25, 0.3) is 17.7 Å². The number of carbonyl (C=O) groups is 15. The van der Waals surface area contributed by atoms with Crippen molar-refractivity contribution in [3.8, 4) is 45.6 Å². The Labute approximate surface area is 751 Å². The highest BCUT2D eigenvalue weighted by molar-refractivity contribution is 9.10. The molecule has 3 heterocycles. The molecule has 3 amide bonds. The van der Waals surface area contributed by atoms with Crippen LogP contribution in [0.3, 0.4) is 0 Å². The molecule has 3 atom stereocenters. The molecule has 0 unspecified atom stereocenters. The lowest BCUT2D eigenvalue weighted by Crippen LogP contribution is -2.39. The Hall–Kier alpha value is -15.8. The summed E-state index contributed by atoms with van der Waals surface area (Å²) in [5.74, 6) is -19.9. The van der Waals surface area contributed by atoms with Crippen LogP contribution in [0, 0.1) is 16.2 Å². The Morgan fingerprint density at radius 1 is 0.376 bits per heavy atom.